The average Bonchev–Trinajstić information content (AvgIpc) is 3.07. The first-order valence-corrected chi connectivity index (χ1v) is 7.34. The molecule has 24 heavy (non-hydrogen) atoms. The van der Waals surface area contributed by atoms with Crippen LogP contribution in [0.5, 0.6) is 0 Å². The van der Waals surface area contributed by atoms with Gasteiger partial charge in [0.15, 0.2) is 23.5 Å². The van der Waals surface area contributed by atoms with Crippen molar-refractivity contribution in [3.05, 3.63) is 5.69 Å². The van der Waals surface area contributed by atoms with E-state index in [2.05, 4.69) is 10.3 Å². The van der Waals surface area contributed by atoms with Crippen molar-refractivity contribution in [3.63, 3.8) is 0 Å². The number of amides is 1. The molecule has 0 aromatic carbocycles. The first kappa shape index (κ1) is 16.6. The number of ether oxygens (including phenoxy) is 4. The molecule has 4 N–H and O–H groups in total. The quantitative estimate of drug-likeness (QED) is 0.652. The van der Waals surface area contributed by atoms with Crippen molar-refractivity contribution in [1.82, 2.24) is 15.0 Å². The maximum absolute atomic E-state index is 11.3. The van der Waals surface area contributed by atoms with E-state index in [-0.39, 0.29) is 18.1 Å². The molecule has 11 nitrogen and oxygen atoms in total. The van der Waals surface area contributed by atoms with Crippen LogP contribution in [-0.4, -0.2) is 57.6 Å². The molecule has 2 aliphatic rings. The summed E-state index contributed by atoms with van der Waals surface area (Å²) in [6.07, 6.45) is -2.43. The van der Waals surface area contributed by atoms with Crippen LogP contribution in [0.15, 0.2) is 0 Å². The molecule has 1 aromatic heterocycles. The van der Waals surface area contributed by atoms with Gasteiger partial charge in [0.25, 0.3) is 5.91 Å². The van der Waals surface area contributed by atoms with Gasteiger partial charge < -0.3 is 30.4 Å². The molecule has 2 saturated heterocycles. The van der Waals surface area contributed by atoms with E-state index in [1.54, 1.807) is 13.8 Å². The van der Waals surface area contributed by atoms with Gasteiger partial charge in [0, 0.05) is 6.92 Å². The molecule has 1 aromatic rings. The van der Waals surface area contributed by atoms with Gasteiger partial charge in [-0.1, -0.05) is 5.21 Å². The fourth-order valence-electron chi connectivity index (χ4n) is 2.85. The average molecular weight is 341 g/mol. The second kappa shape index (κ2) is 5.69. The van der Waals surface area contributed by atoms with Gasteiger partial charge in [-0.2, -0.15) is 4.68 Å². The Bertz CT molecular complexity index is 674. The summed E-state index contributed by atoms with van der Waals surface area (Å²) in [6.45, 7) is 4.80. The molecule has 0 bridgehead atoms. The lowest BCUT2D eigenvalue weighted by Gasteiger charge is -2.24. The predicted molar refractivity (Wildman–Crippen MR) is 77.3 cm³/mol. The van der Waals surface area contributed by atoms with Crippen molar-refractivity contribution in [2.24, 2.45) is 5.73 Å². The number of nitrogen functional groups attached to an aromatic ring is 1. The monoisotopic (exact) mass is 341 g/mol. The zero-order valence-corrected chi connectivity index (χ0v) is 13.5. The Labute approximate surface area is 137 Å². The lowest BCUT2D eigenvalue weighted by Crippen LogP contribution is -2.33. The second-order valence-corrected chi connectivity index (χ2v) is 6.06. The number of nitrogens with two attached hydrogens (primary N) is 2. The Morgan fingerprint density at radius 3 is 2.58 bits per heavy atom. The molecule has 132 valence electrons. The van der Waals surface area contributed by atoms with Crippen LogP contribution in [0, 0.1) is 0 Å². The smallest absolute Gasteiger partial charge is 0.302 e. The maximum Gasteiger partial charge on any atom is 0.302 e. The summed E-state index contributed by atoms with van der Waals surface area (Å²) in [5.41, 5.74) is 10.9. The molecule has 4 atom stereocenters. The van der Waals surface area contributed by atoms with E-state index < -0.39 is 42.2 Å². The summed E-state index contributed by atoms with van der Waals surface area (Å²) >= 11 is 0. The molecular formula is C13H19N5O6. The minimum atomic E-state index is -0.853. The van der Waals surface area contributed by atoms with E-state index in [0.717, 1.165) is 0 Å². The summed E-state index contributed by atoms with van der Waals surface area (Å²) in [5.74, 6) is -2.12. The standard InChI is InChI=1S/C13H19N5O6/c1-5(19)21-4-6-8-9(24-13(2,3)23-8)12(22-6)18-10(14)7(11(15)20)16-17-18/h6,8-9,12H,4,14H2,1-3H3,(H2,15,20)/t6-,8?,9?,12-/m1/s1. The summed E-state index contributed by atoms with van der Waals surface area (Å²) < 4.78 is 23.7. The number of hydrogen-bond acceptors (Lipinski definition) is 9. The van der Waals surface area contributed by atoms with E-state index in [4.69, 9.17) is 30.4 Å². The normalized spacial score (nSPS) is 31.0. The molecule has 2 unspecified atom stereocenters. The van der Waals surface area contributed by atoms with Gasteiger partial charge in [-0.05, 0) is 13.8 Å². The molecule has 11 heteroatoms. The molecule has 0 spiro atoms. The van der Waals surface area contributed by atoms with Gasteiger partial charge in [0.05, 0.1) is 0 Å². The summed E-state index contributed by atoms with van der Waals surface area (Å²) in [4.78, 5) is 22.3. The molecule has 2 fully saturated rings. The molecule has 3 heterocycles. The fourth-order valence-corrected chi connectivity index (χ4v) is 2.85. The third-order valence-corrected chi connectivity index (χ3v) is 3.78. The first-order valence-electron chi connectivity index (χ1n) is 7.34. The number of rotatable bonds is 4. The number of esters is 1. The Balaban J connectivity index is 1.88. The summed E-state index contributed by atoms with van der Waals surface area (Å²) in [5, 5.41) is 7.49. The Morgan fingerprint density at radius 1 is 1.33 bits per heavy atom. The number of anilines is 1. The van der Waals surface area contributed by atoms with E-state index in [0.29, 0.717) is 0 Å². The van der Waals surface area contributed by atoms with Gasteiger partial charge in [-0.3, -0.25) is 9.59 Å². The SMILES string of the molecule is CC(=O)OC[C@H]1O[C@@H](n2nnc(C(N)=O)c2N)C2OC(C)(C)OC21. The van der Waals surface area contributed by atoms with Crippen LogP contribution in [0.3, 0.4) is 0 Å². The molecule has 0 aliphatic carbocycles. The number of carbonyl (C=O) groups is 2. The van der Waals surface area contributed by atoms with Gasteiger partial charge in [0.1, 0.15) is 24.9 Å². The van der Waals surface area contributed by atoms with Crippen LogP contribution in [0.1, 0.15) is 37.5 Å². The zero-order chi connectivity index (χ0) is 17.6. The lowest BCUT2D eigenvalue weighted by atomic mass is 10.1. The second-order valence-electron chi connectivity index (χ2n) is 6.06. The fraction of sp³-hybridized carbons (Fsp3) is 0.692. The van der Waals surface area contributed by atoms with Crippen LogP contribution < -0.4 is 11.5 Å². The first-order chi connectivity index (χ1) is 11.2. The van der Waals surface area contributed by atoms with Crippen LogP contribution >= 0.6 is 0 Å². The number of carbonyl (C=O) groups excluding carboxylic acids is 2. The van der Waals surface area contributed by atoms with Crippen molar-refractivity contribution in [1.29, 1.82) is 0 Å². The van der Waals surface area contributed by atoms with E-state index in [1.165, 1.54) is 11.6 Å². The maximum atomic E-state index is 11.3. The van der Waals surface area contributed by atoms with Crippen molar-refractivity contribution in [2.45, 2.75) is 51.1 Å². The Kier molecular flexibility index (Phi) is 3.94. The minimum Gasteiger partial charge on any atom is -0.463 e. The van der Waals surface area contributed by atoms with Crippen LogP contribution in [-0.2, 0) is 23.7 Å². The van der Waals surface area contributed by atoms with E-state index in [9.17, 15) is 9.59 Å². The highest BCUT2D eigenvalue weighted by Crippen LogP contribution is 2.43. The van der Waals surface area contributed by atoms with Crippen LogP contribution in [0.4, 0.5) is 5.82 Å². The topological polar surface area (TPSA) is 154 Å². The van der Waals surface area contributed by atoms with Crippen LogP contribution in [0.2, 0.25) is 0 Å². The lowest BCUT2D eigenvalue weighted by molar-refractivity contribution is -0.203. The molecule has 1 amide bonds. The molecule has 0 radical (unpaired) electrons. The van der Waals surface area contributed by atoms with E-state index >= 15 is 0 Å². The number of nitrogens with zero attached hydrogens (tertiary/aromatic N) is 3. The molecule has 3 rings (SSSR count). The molecule has 2 aliphatic heterocycles. The highest BCUT2D eigenvalue weighted by atomic mass is 16.8. The predicted octanol–water partition coefficient (Wildman–Crippen LogP) is -1.06. The largest absolute Gasteiger partial charge is 0.463 e. The van der Waals surface area contributed by atoms with Crippen molar-refractivity contribution in [2.75, 3.05) is 12.3 Å². The van der Waals surface area contributed by atoms with Gasteiger partial charge in [-0.25, -0.2) is 0 Å². The number of hydrogen-bond donors (Lipinski definition) is 2. The molecular weight excluding hydrogens is 322 g/mol. The highest BCUT2D eigenvalue weighted by Gasteiger charge is 2.57. The van der Waals surface area contributed by atoms with Gasteiger partial charge >= 0.3 is 5.97 Å². The molecule has 0 saturated carbocycles. The Hall–Kier alpha value is -2.24. The number of fused-ring (bicyclic) bond motifs is 1. The third kappa shape index (κ3) is 2.81. The summed E-state index contributed by atoms with van der Waals surface area (Å²) in [7, 11) is 0. The number of primary amides is 1. The van der Waals surface area contributed by atoms with Gasteiger partial charge in [-0.15, -0.1) is 5.10 Å². The van der Waals surface area contributed by atoms with Crippen molar-refractivity contribution in [3.8, 4) is 0 Å². The highest BCUT2D eigenvalue weighted by molar-refractivity contribution is 5.94. The summed E-state index contributed by atoms with van der Waals surface area (Å²) in [6, 6.07) is 0. The van der Waals surface area contributed by atoms with E-state index in [1.807, 2.05) is 0 Å². The zero-order valence-electron chi connectivity index (χ0n) is 13.5. The third-order valence-electron chi connectivity index (χ3n) is 3.78. The van der Waals surface area contributed by atoms with Crippen molar-refractivity contribution < 1.29 is 28.5 Å². The van der Waals surface area contributed by atoms with Gasteiger partial charge in [0.2, 0.25) is 0 Å². The minimum absolute atomic E-state index is 0.0102. The van der Waals surface area contributed by atoms with Crippen molar-refractivity contribution >= 4 is 17.7 Å². The Morgan fingerprint density at radius 2 is 2.00 bits per heavy atom. The number of aromatic nitrogens is 3. The van der Waals surface area contributed by atoms with Crippen LogP contribution in [0.25, 0.3) is 0 Å².